The van der Waals surface area contributed by atoms with Crippen LogP contribution in [-0.2, 0) is 0 Å². The average Bonchev–Trinajstić information content (AvgIpc) is 2.79. The van der Waals surface area contributed by atoms with E-state index in [0.29, 0.717) is 21.1 Å². The fourth-order valence-electron chi connectivity index (χ4n) is 1.96. The van der Waals surface area contributed by atoms with E-state index >= 15 is 0 Å². The Morgan fingerprint density at radius 1 is 1.00 bits per heavy atom. The number of hydrogen-bond donors (Lipinski definition) is 0. The van der Waals surface area contributed by atoms with Gasteiger partial charge in [0.05, 0.1) is 15.4 Å². The highest BCUT2D eigenvalue weighted by Gasteiger charge is 2.07. The number of nitrogens with zero attached hydrogens (tertiary/aromatic N) is 1. The zero-order valence-electron chi connectivity index (χ0n) is 10.7. The average molecular weight is 318 g/mol. The molecule has 0 bridgehead atoms. The van der Waals surface area contributed by atoms with Gasteiger partial charge in [0.2, 0.25) is 11.0 Å². The van der Waals surface area contributed by atoms with Crippen LogP contribution in [0.4, 0.5) is 0 Å². The Morgan fingerprint density at radius 3 is 2.67 bits per heavy atom. The van der Waals surface area contributed by atoms with E-state index < -0.39 is 0 Å². The van der Waals surface area contributed by atoms with Gasteiger partial charge in [-0.2, -0.15) is 0 Å². The fourth-order valence-corrected chi connectivity index (χ4v) is 2.33. The second-order valence-corrected chi connectivity index (χ2v) is 5.15. The Kier molecular flexibility index (Phi) is 3.78. The Hall–Kier alpha value is -2.10. The summed E-state index contributed by atoms with van der Waals surface area (Å²) in [6.45, 7) is 0. The van der Waals surface area contributed by atoms with Gasteiger partial charge in [0, 0.05) is 0 Å². The molecule has 0 aliphatic rings. The van der Waals surface area contributed by atoms with Crippen LogP contribution in [0.3, 0.4) is 0 Å². The molecule has 0 fully saturated rings. The van der Waals surface area contributed by atoms with Crippen LogP contribution >= 0.6 is 23.2 Å². The Labute approximate surface area is 130 Å². The summed E-state index contributed by atoms with van der Waals surface area (Å²) in [5, 5.41) is 5.52. The third-order valence-corrected chi connectivity index (χ3v) is 3.84. The summed E-state index contributed by atoms with van der Waals surface area (Å²) in [5.74, 6) is 0. The maximum Gasteiger partial charge on any atom is 0.224 e. The van der Waals surface area contributed by atoms with E-state index in [1.165, 1.54) is 6.07 Å². The van der Waals surface area contributed by atoms with E-state index in [1.54, 1.807) is 36.4 Å². The molecule has 0 atom stereocenters. The van der Waals surface area contributed by atoms with Gasteiger partial charge in [-0.3, -0.25) is 4.79 Å². The number of halogens is 2. The second-order valence-electron chi connectivity index (χ2n) is 4.37. The summed E-state index contributed by atoms with van der Waals surface area (Å²) in [6.07, 6.45) is 3.52. The first kappa shape index (κ1) is 13.9. The SMILES string of the molecule is O=c1ccccc2c(C=Cc3cccc(Cl)c3Cl)noc12. The molecule has 3 rings (SSSR count). The molecule has 1 heterocycles. The third kappa shape index (κ3) is 2.71. The number of rotatable bonds is 2. The van der Waals surface area contributed by atoms with Crippen molar-refractivity contribution in [1.29, 1.82) is 0 Å². The molecule has 0 radical (unpaired) electrons. The molecule has 0 saturated heterocycles. The topological polar surface area (TPSA) is 43.1 Å². The van der Waals surface area contributed by atoms with Gasteiger partial charge in [0.15, 0.2) is 0 Å². The van der Waals surface area contributed by atoms with E-state index in [2.05, 4.69) is 5.16 Å². The van der Waals surface area contributed by atoms with Crippen LogP contribution < -0.4 is 5.43 Å². The molecule has 104 valence electrons. The minimum absolute atomic E-state index is 0.206. The van der Waals surface area contributed by atoms with Crippen molar-refractivity contribution in [2.75, 3.05) is 0 Å². The largest absolute Gasteiger partial charge is 0.351 e. The van der Waals surface area contributed by atoms with Crippen LogP contribution in [0.25, 0.3) is 23.1 Å². The van der Waals surface area contributed by atoms with Gasteiger partial charge in [-0.15, -0.1) is 0 Å². The summed E-state index contributed by atoms with van der Waals surface area (Å²) in [4.78, 5) is 11.8. The lowest BCUT2D eigenvalue weighted by atomic mass is 10.1. The molecule has 1 aromatic heterocycles. The van der Waals surface area contributed by atoms with Crippen LogP contribution in [0.2, 0.25) is 10.0 Å². The van der Waals surface area contributed by atoms with Gasteiger partial charge in [0.1, 0.15) is 5.69 Å². The van der Waals surface area contributed by atoms with Crippen molar-refractivity contribution >= 4 is 46.3 Å². The van der Waals surface area contributed by atoms with E-state index in [1.807, 2.05) is 12.1 Å². The summed E-state index contributed by atoms with van der Waals surface area (Å²) in [5.41, 5.74) is 1.36. The van der Waals surface area contributed by atoms with E-state index in [9.17, 15) is 4.79 Å². The standard InChI is InChI=1S/C16H9Cl2NO2/c17-12-6-3-4-10(15(12)18)8-9-13-11-5-1-2-7-14(20)16(11)21-19-13/h1-9H. The molecule has 0 N–H and O–H groups in total. The molecule has 2 aromatic carbocycles. The first-order valence-corrected chi connectivity index (χ1v) is 6.93. The van der Waals surface area contributed by atoms with Crippen LogP contribution in [0.15, 0.2) is 51.8 Å². The van der Waals surface area contributed by atoms with Crippen molar-refractivity contribution in [3.05, 3.63) is 74.0 Å². The van der Waals surface area contributed by atoms with Crippen LogP contribution in [-0.4, -0.2) is 5.16 Å². The van der Waals surface area contributed by atoms with Crippen molar-refractivity contribution in [2.45, 2.75) is 0 Å². The molecule has 0 aliphatic heterocycles. The van der Waals surface area contributed by atoms with Gasteiger partial charge >= 0.3 is 0 Å². The van der Waals surface area contributed by atoms with E-state index in [0.717, 1.165) is 5.56 Å². The lowest BCUT2D eigenvalue weighted by molar-refractivity contribution is 0.453. The van der Waals surface area contributed by atoms with Crippen molar-refractivity contribution in [3.63, 3.8) is 0 Å². The van der Waals surface area contributed by atoms with E-state index in [-0.39, 0.29) is 11.0 Å². The fraction of sp³-hybridized carbons (Fsp3) is 0. The predicted octanol–water partition coefficient (Wildman–Crippen LogP) is 4.67. The molecule has 0 amide bonds. The highest BCUT2D eigenvalue weighted by Crippen LogP contribution is 2.27. The second kappa shape index (κ2) is 5.72. The van der Waals surface area contributed by atoms with Crippen molar-refractivity contribution in [2.24, 2.45) is 0 Å². The first-order chi connectivity index (χ1) is 10.2. The maximum atomic E-state index is 11.8. The summed E-state index contributed by atoms with van der Waals surface area (Å²) in [6, 6.07) is 12.0. The predicted molar refractivity (Wildman–Crippen MR) is 85.7 cm³/mol. The summed E-state index contributed by atoms with van der Waals surface area (Å²) < 4.78 is 5.11. The zero-order chi connectivity index (χ0) is 14.8. The van der Waals surface area contributed by atoms with Crippen molar-refractivity contribution in [1.82, 2.24) is 5.16 Å². The van der Waals surface area contributed by atoms with Crippen LogP contribution in [0.5, 0.6) is 0 Å². The summed E-state index contributed by atoms with van der Waals surface area (Å²) in [7, 11) is 0. The maximum absolute atomic E-state index is 11.8. The Balaban J connectivity index is 2.09. The lowest BCUT2D eigenvalue weighted by Gasteiger charge is -1.99. The minimum atomic E-state index is -0.206. The Bertz CT molecular complexity index is 900. The lowest BCUT2D eigenvalue weighted by Crippen LogP contribution is -1.91. The number of fused-ring (bicyclic) bond motifs is 1. The number of aromatic nitrogens is 1. The van der Waals surface area contributed by atoms with Crippen molar-refractivity contribution in [3.8, 4) is 0 Å². The molecule has 21 heavy (non-hydrogen) atoms. The zero-order valence-corrected chi connectivity index (χ0v) is 12.2. The smallest absolute Gasteiger partial charge is 0.224 e. The molecule has 0 aliphatic carbocycles. The molecule has 0 spiro atoms. The normalized spacial score (nSPS) is 11.3. The van der Waals surface area contributed by atoms with Crippen LogP contribution in [0.1, 0.15) is 11.3 Å². The monoisotopic (exact) mass is 317 g/mol. The quantitative estimate of drug-likeness (QED) is 0.690. The first-order valence-electron chi connectivity index (χ1n) is 6.17. The van der Waals surface area contributed by atoms with Crippen LogP contribution in [0, 0.1) is 0 Å². The Morgan fingerprint density at radius 2 is 1.81 bits per heavy atom. The van der Waals surface area contributed by atoms with E-state index in [4.69, 9.17) is 27.7 Å². The molecule has 0 unspecified atom stereocenters. The third-order valence-electron chi connectivity index (χ3n) is 3.00. The molecular formula is C16H9Cl2NO2. The van der Waals surface area contributed by atoms with Gasteiger partial charge in [-0.25, -0.2) is 0 Å². The highest BCUT2D eigenvalue weighted by atomic mass is 35.5. The molecule has 3 aromatic rings. The number of benzene rings is 1. The molecule has 0 saturated carbocycles. The molecule has 3 nitrogen and oxygen atoms in total. The molecule has 5 heteroatoms. The summed E-state index contributed by atoms with van der Waals surface area (Å²) >= 11 is 12.1. The highest BCUT2D eigenvalue weighted by molar-refractivity contribution is 6.42. The van der Waals surface area contributed by atoms with Gasteiger partial charge in [0.25, 0.3) is 0 Å². The van der Waals surface area contributed by atoms with Crippen molar-refractivity contribution < 1.29 is 4.52 Å². The van der Waals surface area contributed by atoms with Gasteiger partial charge in [-0.1, -0.05) is 58.7 Å². The molecular weight excluding hydrogens is 309 g/mol. The van der Waals surface area contributed by atoms with Gasteiger partial charge in [-0.05, 0) is 29.8 Å². The minimum Gasteiger partial charge on any atom is -0.351 e. The van der Waals surface area contributed by atoms with Gasteiger partial charge < -0.3 is 4.52 Å². The number of hydrogen-bond acceptors (Lipinski definition) is 3.